The molecule has 3 rings (SSSR count). The third-order valence-electron chi connectivity index (χ3n) is 5.25. The first-order valence-corrected chi connectivity index (χ1v) is 9.98. The van der Waals surface area contributed by atoms with E-state index in [1.54, 1.807) is 6.20 Å². The van der Waals surface area contributed by atoms with E-state index in [1.165, 1.54) is 12.0 Å². The van der Waals surface area contributed by atoms with Crippen LogP contribution >= 0.6 is 0 Å². The molecule has 1 amide bonds. The maximum absolute atomic E-state index is 12.0. The fourth-order valence-corrected chi connectivity index (χ4v) is 3.48. The van der Waals surface area contributed by atoms with Gasteiger partial charge < -0.3 is 14.5 Å². The molecule has 6 heteroatoms. The summed E-state index contributed by atoms with van der Waals surface area (Å²) in [6.07, 6.45) is 6.60. The number of rotatable bonds is 7. The predicted molar refractivity (Wildman–Crippen MR) is 106 cm³/mol. The number of nitrogens with zero attached hydrogens (tertiary/aromatic N) is 1. The number of nitrogens with one attached hydrogen (secondary N) is 1. The monoisotopic (exact) mass is 384 g/mol. The number of hydrogen-bond acceptors (Lipinski definition) is 5. The third kappa shape index (κ3) is 5.68. The summed E-state index contributed by atoms with van der Waals surface area (Å²) < 4.78 is 10.8. The lowest BCUT2D eigenvalue weighted by atomic mass is 9.86. The Kier molecular flexibility index (Phi) is 6.85. The first-order valence-electron chi connectivity index (χ1n) is 9.98. The highest BCUT2D eigenvalue weighted by atomic mass is 16.5. The Hall–Kier alpha value is -2.63. The minimum Gasteiger partial charge on any atom is -0.456 e. The van der Waals surface area contributed by atoms with Gasteiger partial charge in [-0.15, -0.1) is 0 Å². The zero-order valence-corrected chi connectivity index (χ0v) is 16.6. The van der Waals surface area contributed by atoms with E-state index in [0.717, 1.165) is 24.8 Å². The molecule has 28 heavy (non-hydrogen) atoms. The smallest absolute Gasteiger partial charge is 0.306 e. The Morgan fingerprint density at radius 2 is 1.96 bits per heavy atom. The molecule has 2 atom stereocenters. The van der Waals surface area contributed by atoms with Gasteiger partial charge in [0.15, 0.2) is 18.3 Å². The predicted octanol–water partition coefficient (Wildman–Crippen LogP) is 3.82. The first-order chi connectivity index (χ1) is 13.5. The number of oxazole rings is 1. The van der Waals surface area contributed by atoms with E-state index in [1.807, 2.05) is 31.2 Å². The van der Waals surface area contributed by atoms with Gasteiger partial charge in [0.1, 0.15) is 0 Å². The van der Waals surface area contributed by atoms with Crippen molar-refractivity contribution in [2.45, 2.75) is 58.4 Å². The summed E-state index contributed by atoms with van der Waals surface area (Å²) in [5, 5.41) is 2.98. The molecule has 0 radical (unpaired) electrons. The van der Waals surface area contributed by atoms with Gasteiger partial charge in [-0.1, -0.05) is 49.6 Å². The molecular weight excluding hydrogens is 356 g/mol. The molecule has 0 spiro atoms. The van der Waals surface area contributed by atoms with Crippen molar-refractivity contribution in [3.63, 3.8) is 0 Å². The summed E-state index contributed by atoms with van der Waals surface area (Å²) in [6.45, 7) is 3.94. The Morgan fingerprint density at radius 1 is 1.21 bits per heavy atom. The van der Waals surface area contributed by atoms with Crippen LogP contribution in [0.5, 0.6) is 0 Å². The van der Waals surface area contributed by atoms with Crippen molar-refractivity contribution in [3.05, 3.63) is 41.9 Å². The van der Waals surface area contributed by atoms with Gasteiger partial charge >= 0.3 is 5.97 Å². The normalized spacial score (nSPS) is 19.2. The summed E-state index contributed by atoms with van der Waals surface area (Å²) in [4.78, 5) is 28.1. The zero-order chi connectivity index (χ0) is 19.9. The van der Waals surface area contributed by atoms with E-state index in [0.29, 0.717) is 24.0 Å². The molecule has 1 saturated carbocycles. The van der Waals surface area contributed by atoms with Crippen LogP contribution in [0.2, 0.25) is 0 Å². The topological polar surface area (TPSA) is 81.4 Å². The van der Waals surface area contributed by atoms with Crippen molar-refractivity contribution < 1.29 is 18.7 Å². The van der Waals surface area contributed by atoms with Crippen molar-refractivity contribution in [1.82, 2.24) is 10.3 Å². The summed E-state index contributed by atoms with van der Waals surface area (Å²) in [5.74, 6) is 0.963. The van der Waals surface area contributed by atoms with Gasteiger partial charge in [-0.3, -0.25) is 9.59 Å². The number of ether oxygens (including phenoxy) is 1. The van der Waals surface area contributed by atoms with Crippen LogP contribution in [0.15, 0.2) is 34.9 Å². The van der Waals surface area contributed by atoms with Gasteiger partial charge in [0.05, 0.1) is 12.6 Å². The second kappa shape index (κ2) is 9.53. The molecule has 1 aliphatic carbocycles. The molecule has 0 unspecified atom stereocenters. The molecule has 0 bridgehead atoms. The second-order valence-electron chi connectivity index (χ2n) is 7.58. The highest BCUT2D eigenvalue weighted by molar-refractivity contribution is 5.80. The average Bonchev–Trinajstić information content (AvgIpc) is 3.16. The number of esters is 1. The molecule has 2 aromatic rings. The lowest BCUT2D eigenvalue weighted by Gasteiger charge is -2.29. The van der Waals surface area contributed by atoms with Crippen molar-refractivity contribution >= 4 is 11.9 Å². The van der Waals surface area contributed by atoms with E-state index >= 15 is 0 Å². The van der Waals surface area contributed by atoms with Crippen LogP contribution < -0.4 is 5.32 Å². The maximum atomic E-state index is 12.0. The summed E-state index contributed by atoms with van der Waals surface area (Å²) >= 11 is 0. The Bertz CT molecular complexity index is 797. The van der Waals surface area contributed by atoms with Crippen molar-refractivity contribution in [2.24, 2.45) is 5.92 Å². The number of aryl methyl sites for hydroxylation is 2. The maximum Gasteiger partial charge on any atom is 0.306 e. The SMILES string of the molecule is Cc1ccc(-c2cnc(CCC(=O)OCC(=O)N[C@@H]3CCCC[C@H]3C)o2)cc1. The molecule has 1 N–H and O–H groups in total. The van der Waals surface area contributed by atoms with Gasteiger partial charge in [-0.25, -0.2) is 4.98 Å². The van der Waals surface area contributed by atoms with Crippen LogP contribution in [0.3, 0.4) is 0 Å². The highest BCUT2D eigenvalue weighted by Crippen LogP contribution is 2.23. The largest absolute Gasteiger partial charge is 0.456 e. The van der Waals surface area contributed by atoms with Gasteiger partial charge in [0.2, 0.25) is 0 Å². The number of carbonyl (C=O) groups is 2. The standard InChI is InChI=1S/C22H28N2O4/c1-15-7-9-17(10-8-15)19-13-23-21(28-19)11-12-22(26)27-14-20(25)24-18-6-4-3-5-16(18)2/h7-10,13,16,18H,3-6,11-12,14H2,1-2H3,(H,24,25)/t16-,18-/m1/s1. The van der Waals surface area contributed by atoms with Gasteiger partial charge in [-0.2, -0.15) is 0 Å². The van der Waals surface area contributed by atoms with Crippen LogP contribution in [0.4, 0.5) is 0 Å². The lowest BCUT2D eigenvalue weighted by Crippen LogP contribution is -2.42. The minimum absolute atomic E-state index is 0.126. The minimum atomic E-state index is -0.429. The molecule has 0 saturated heterocycles. The fraction of sp³-hybridized carbons (Fsp3) is 0.500. The van der Waals surface area contributed by atoms with Crippen LogP contribution in [-0.2, 0) is 20.7 Å². The second-order valence-corrected chi connectivity index (χ2v) is 7.58. The molecule has 150 valence electrons. The molecule has 1 heterocycles. The molecule has 1 fully saturated rings. The fourth-order valence-electron chi connectivity index (χ4n) is 3.48. The first kappa shape index (κ1) is 20.1. The molecule has 0 aliphatic heterocycles. The summed E-state index contributed by atoms with van der Waals surface area (Å²) in [5.41, 5.74) is 2.12. The molecule has 6 nitrogen and oxygen atoms in total. The average molecular weight is 384 g/mol. The Labute approximate surface area is 165 Å². The van der Waals surface area contributed by atoms with Crippen molar-refractivity contribution in [2.75, 3.05) is 6.61 Å². The van der Waals surface area contributed by atoms with E-state index < -0.39 is 5.97 Å². The molecule has 1 aromatic heterocycles. The number of carbonyl (C=O) groups excluding carboxylic acids is 2. The molecule has 1 aliphatic rings. The van der Waals surface area contributed by atoms with E-state index in [4.69, 9.17) is 9.15 Å². The third-order valence-corrected chi connectivity index (χ3v) is 5.25. The van der Waals surface area contributed by atoms with Gasteiger partial charge in [-0.05, 0) is 25.7 Å². The quantitative estimate of drug-likeness (QED) is 0.734. The highest BCUT2D eigenvalue weighted by Gasteiger charge is 2.23. The van der Waals surface area contributed by atoms with Crippen molar-refractivity contribution in [3.8, 4) is 11.3 Å². The Balaban J connectivity index is 1.39. The zero-order valence-electron chi connectivity index (χ0n) is 16.6. The van der Waals surface area contributed by atoms with Crippen LogP contribution in [0.1, 0.15) is 50.5 Å². The summed E-state index contributed by atoms with van der Waals surface area (Å²) in [7, 11) is 0. The van der Waals surface area contributed by atoms with Crippen LogP contribution in [0, 0.1) is 12.8 Å². The number of aromatic nitrogens is 1. The lowest BCUT2D eigenvalue weighted by molar-refractivity contribution is -0.148. The van der Waals surface area contributed by atoms with E-state index in [9.17, 15) is 9.59 Å². The summed E-state index contributed by atoms with van der Waals surface area (Å²) in [6, 6.07) is 8.15. The number of amides is 1. The van der Waals surface area contributed by atoms with E-state index in [-0.39, 0.29) is 25.0 Å². The van der Waals surface area contributed by atoms with E-state index in [2.05, 4.69) is 17.2 Å². The Morgan fingerprint density at radius 3 is 2.71 bits per heavy atom. The van der Waals surface area contributed by atoms with Crippen molar-refractivity contribution in [1.29, 1.82) is 0 Å². The number of benzene rings is 1. The van der Waals surface area contributed by atoms with Crippen LogP contribution in [-0.4, -0.2) is 29.5 Å². The van der Waals surface area contributed by atoms with Crippen LogP contribution in [0.25, 0.3) is 11.3 Å². The molecular formula is C22H28N2O4. The molecule has 1 aromatic carbocycles. The number of hydrogen-bond donors (Lipinski definition) is 1. The van der Waals surface area contributed by atoms with Gasteiger partial charge in [0, 0.05) is 18.0 Å². The van der Waals surface area contributed by atoms with Gasteiger partial charge in [0.25, 0.3) is 5.91 Å².